The zero-order chi connectivity index (χ0) is 12.6. The first-order valence-corrected chi connectivity index (χ1v) is 5.18. The van der Waals surface area contributed by atoms with Crippen molar-refractivity contribution in [1.29, 1.82) is 5.26 Å². The van der Waals surface area contributed by atoms with E-state index in [-0.39, 0.29) is 0 Å². The molecule has 1 rings (SSSR count). The van der Waals surface area contributed by atoms with E-state index >= 15 is 0 Å². The van der Waals surface area contributed by atoms with Crippen molar-refractivity contribution < 1.29 is 14.7 Å². The Morgan fingerprint density at radius 2 is 1.94 bits per heavy atom. The van der Waals surface area contributed by atoms with Gasteiger partial charge >= 0.3 is 5.97 Å². The fourth-order valence-corrected chi connectivity index (χ4v) is 1.43. The molecule has 1 aliphatic carbocycles. The summed E-state index contributed by atoms with van der Waals surface area (Å²) in [5.74, 6) is -1.54. The van der Waals surface area contributed by atoms with Gasteiger partial charge in [-0.15, -0.1) is 0 Å². The smallest absolute Gasteiger partial charge is 0.326 e. The summed E-state index contributed by atoms with van der Waals surface area (Å²) >= 11 is 0. The van der Waals surface area contributed by atoms with Gasteiger partial charge in [-0.1, -0.05) is 20.8 Å². The van der Waals surface area contributed by atoms with E-state index in [1.54, 1.807) is 20.8 Å². The van der Waals surface area contributed by atoms with Crippen LogP contribution in [0.2, 0.25) is 0 Å². The van der Waals surface area contributed by atoms with Crippen LogP contribution in [0.5, 0.6) is 0 Å². The second-order valence-corrected chi connectivity index (χ2v) is 5.30. The molecule has 0 aromatic carbocycles. The molecule has 0 bridgehead atoms. The molecule has 0 aliphatic heterocycles. The molecular weight excluding hydrogens is 208 g/mol. The van der Waals surface area contributed by atoms with Crippen LogP contribution in [0.1, 0.15) is 33.6 Å². The summed E-state index contributed by atoms with van der Waals surface area (Å²) in [5, 5.41) is 20.3. The fraction of sp³-hybridized carbons (Fsp3) is 0.727. The van der Waals surface area contributed by atoms with Crippen molar-refractivity contribution in [2.75, 3.05) is 0 Å². The molecule has 1 amide bonds. The lowest BCUT2D eigenvalue weighted by Crippen LogP contribution is -2.51. The molecule has 0 aromatic heterocycles. The number of nitriles is 1. The van der Waals surface area contributed by atoms with Crippen LogP contribution in [0, 0.1) is 22.2 Å². The molecule has 0 radical (unpaired) electrons. The molecular formula is C11H16N2O3. The number of carbonyl (C=O) groups excluding carboxylic acids is 1. The van der Waals surface area contributed by atoms with E-state index in [1.807, 2.05) is 6.07 Å². The summed E-state index contributed by atoms with van der Waals surface area (Å²) in [6, 6.07) is 0.976. The summed E-state index contributed by atoms with van der Waals surface area (Å²) in [4.78, 5) is 22.7. The first-order chi connectivity index (χ1) is 7.23. The third-order valence-electron chi connectivity index (χ3n) is 2.79. The quantitative estimate of drug-likeness (QED) is 0.745. The number of rotatable bonds is 3. The van der Waals surface area contributed by atoms with E-state index in [9.17, 15) is 9.59 Å². The predicted octanol–water partition coefficient (Wildman–Crippen LogP) is 0.906. The first-order valence-electron chi connectivity index (χ1n) is 5.18. The number of aliphatic carboxylic acids is 1. The molecule has 0 unspecified atom stereocenters. The largest absolute Gasteiger partial charge is 0.480 e. The fourth-order valence-electron chi connectivity index (χ4n) is 1.43. The van der Waals surface area contributed by atoms with Gasteiger partial charge in [0.25, 0.3) is 0 Å². The Hall–Kier alpha value is -1.57. The number of hydrogen-bond donors (Lipinski definition) is 2. The maximum absolute atomic E-state index is 11.7. The van der Waals surface area contributed by atoms with Gasteiger partial charge in [-0.25, -0.2) is 4.79 Å². The lowest BCUT2D eigenvalue weighted by Gasteiger charge is -2.28. The van der Waals surface area contributed by atoms with E-state index in [2.05, 4.69) is 5.32 Å². The number of carboxylic acid groups (broad SMARTS) is 1. The van der Waals surface area contributed by atoms with Crippen LogP contribution in [0.25, 0.3) is 0 Å². The van der Waals surface area contributed by atoms with Crippen molar-refractivity contribution in [3.8, 4) is 6.07 Å². The van der Waals surface area contributed by atoms with Gasteiger partial charge in [-0.3, -0.25) is 4.79 Å². The van der Waals surface area contributed by atoms with Gasteiger partial charge < -0.3 is 10.4 Å². The summed E-state index contributed by atoms with van der Waals surface area (Å²) in [6.45, 7) is 5.20. The van der Waals surface area contributed by atoms with E-state index in [0.717, 1.165) is 0 Å². The number of hydrogen-bond acceptors (Lipinski definition) is 3. The Labute approximate surface area is 94.4 Å². The van der Waals surface area contributed by atoms with Crippen molar-refractivity contribution in [1.82, 2.24) is 5.32 Å². The number of carbonyl (C=O) groups is 2. The standard InChI is InChI=1S/C11H16N2O3/c1-10(2,3)7(8(14)15)13-9(16)11(6-12)4-5-11/h7H,4-5H2,1-3H3,(H,13,16)(H,14,15)/t7-/m1/s1. The average molecular weight is 224 g/mol. The second kappa shape index (κ2) is 3.78. The molecule has 16 heavy (non-hydrogen) atoms. The van der Waals surface area contributed by atoms with Gasteiger partial charge in [-0.05, 0) is 18.3 Å². The summed E-state index contributed by atoms with van der Waals surface area (Å²) in [6.07, 6.45) is 1.04. The van der Waals surface area contributed by atoms with Gasteiger partial charge in [0.2, 0.25) is 5.91 Å². The van der Waals surface area contributed by atoms with Gasteiger partial charge in [0, 0.05) is 0 Å². The van der Waals surface area contributed by atoms with Crippen molar-refractivity contribution >= 4 is 11.9 Å². The van der Waals surface area contributed by atoms with Crippen LogP contribution in [0.15, 0.2) is 0 Å². The SMILES string of the molecule is CC(C)(C)[C@H](NC(=O)C1(C#N)CC1)C(=O)O. The van der Waals surface area contributed by atoms with E-state index in [1.165, 1.54) is 0 Å². The highest BCUT2D eigenvalue weighted by Crippen LogP contribution is 2.45. The van der Waals surface area contributed by atoms with Gasteiger partial charge in [0.1, 0.15) is 11.5 Å². The molecule has 0 heterocycles. The third kappa shape index (κ3) is 2.32. The third-order valence-corrected chi connectivity index (χ3v) is 2.79. The van der Waals surface area contributed by atoms with Crippen molar-refractivity contribution in [2.24, 2.45) is 10.8 Å². The molecule has 0 spiro atoms. The molecule has 5 nitrogen and oxygen atoms in total. The van der Waals surface area contributed by atoms with E-state index < -0.39 is 28.7 Å². The highest BCUT2D eigenvalue weighted by atomic mass is 16.4. The van der Waals surface area contributed by atoms with Crippen LogP contribution < -0.4 is 5.32 Å². The van der Waals surface area contributed by atoms with Crippen LogP contribution in [-0.2, 0) is 9.59 Å². The molecule has 1 atom stereocenters. The Morgan fingerprint density at radius 1 is 1.44 bits per heavy atom. The zero-order valence-corrected chi connectivity index (χ0v) is 9.70. The maximum atomic E-state index is 11.7. The van der Waals surface area contributed by atoms with Crippen LogP contribution in [0.4, 0.5) is 0 Å². The molecule has 1 aliphatic rings. The maximum Gasteiger partial charge on any atom is 0.326 e. The van der Waals surface area contributed by atoms with Crippen LogP contribution >= 0.6 is 0 Å². The lowest BCUT2D eigenvalue weighted by atomic mass is 9.86. The minimum absolute atomic E-state index is 0.461. The van der Waals surface area contributed by atoms with Crippen molar-refractivity contribution in [2.45, 2.75) is 39.7 Å². The highest BCUT2D eigenvalue weighted by molar-refractivity contribution is 5.91. The van der Waals surface area contributed by atoms with Gasteiger partial charge in [0.05, 0.1) is 6.07 Å². The second-order valence-electron chi connectivity index (χ2n) is 5.30. The van der Waals surface area contributed by atoms with Crippen molar-refractivity contribution in [3.63, 3.8) is 0 Å². The normalized spacial score (nSPS) is 19.4. The molecule has 0 aromatic rings. The van der Waals surface area contributed by atoms with E-state index in [0.29, 0.717) is 12.8 Å². The summed E-state index contributed by atoms with van der Waals surface area (Å²) in [7, 11) is 0. The molecule has 5 heteroatoms. The number of nitrogens with zero attached hydrogens (tertiary/aromatic N) is 1. The average Bonchev–Trinajstić information content (AvgIpc) is 2.91. The van der Waals surface area contributed by atoms with Crippen molar-refractivity contribution in [3.05, 3.63) is 0 Å². The molecule has 1 saturated carbocycles. The van der Waals surface area contributed by atoms with Crippen LogP contribution in [0.3, 0.4) is 0 Å². The molecule has 1 fully saturated rings. The molecule has 0 saturated heterocycles. The first kappa shape index (κ1) is 12.5. The van der Waals surface area contributed by atoms with E-state index in [4.69, 9.17) is 10.4 Å². The Bertz CT molecular complexity index is 358. The minimum Gasteiger partial charge on any atom is -0.480 e. The summed E-state index contributed by atoms with van der Waals surface area (Å²) in [5.41, 5.74) is -1.55. The predicted molar refractivity (Wildman–Crippen MR) is 56.3 cm³/mol. The van der Waals surface area contributed by atoms with Gasteiger partial charge in [-0.2, -0.15) is 5.26 Å². The van der Waals surface area contributed by atoms with Gasteiger partial charge in [0.15, 0.2) is 0 Å². The topological polar surface area (TPSA) is 90.2 Å². The number of nitrogens with one attached hydrogen (secondary N) is 1. The highest BCUT2D eigenvalue weighted by Gasteiger charge is 2.52. The minimum atomic E-state index is -1.07. The molecule has 2 N–H and O–H groups in total. The zero-order valence-electron chi connectivity index (χ0n) is 9.70. The Balaban J connectivity index is 2.75. The lowest BCUT2D eigenvalue weighted by molar-refractivity contribution is -0.145. The molecule has 88 valence electrons. The number of carboxylic acids is 1. The van der Waals surface area contributed by atoms with Crippen LogP contribution in [-0.4, -0.2) is 23.0 Å². The number of amides is 1. The monoisotopic (exact) mass is 224 g/mol. The summed E-state index contributed by atoms with van der Waals surface area (Å²) < 4.78 is 0. The Kier molecular flexibility index (Phi) is 2.95. The Morgan fingerprint density at radius 3 is 2.19 bits per heavy atom.